The van der Waals surface area contributed by atoms with Crippen molar-refractivity contribution in [3.8, 4) is 0 Å². The van der Waals surface area contributed by atoms with Gasteiger partial charge in [0.1, 0.15) is 5.02 Å². The number of halogens is 4. The number of nitrogens with one attached hydrogen (secondary N) is 1. The van der Waals surface area contributed by atoms with Gasteiger partial charge in [-0.15, -0.1) is 0 Å². The Kier molecular flexibility index (Phi) is 3.18. The maximum absolute atomic E-state index is 11.2. The molecule has 6 heteroatoms. The molecule has 0 bridgehead atoms. The van der Waals surface area contributed by atoms with Gasteiger partial charge in [0, 0.05) is 11.8 Å². The predicted molar refractivity (Wildman–Crippen MR) is 56.0 cm³/mol. The van der Waals surface area contributed by atoms with E-state index >= 15 is 0 Å². The molecule has 0 saturated carbocycles. The Bertz CT molecular complexity index is 379. The summed E-state index contributed by atoms with van der Waals surface area (Å²) in [4.78, 5) is 13.9. The molecule has 1 aromatic rings. The van der Waals surface area contributed by atoms with E-state index < -0.39 is 3.79 Å². The summed E-state index contributed by atoms with van der Waals surface area (Å²) in [5.41, 5.74) is 0.333. The first-order valence-corrected chi connectivity index (χ1v) is 4.80. The second kappa shape index (κ2) is 3.70. The Hall–Kier alpha value is 0.110. The van der Waals surface area contributed by atoms with E-state index in [0.29, 0.717) is 5.69 Å². The highest BCUT2D eigenvalue weighted by Crippen LogP contribution is 2.36. The van der Waals surface area contributed by atoms with Crippen LogP contribution in [-0.4, -0.2) is 4.98 Å². The number of H-pyrrole nitrogens is 1. The van der Waals surface area contributed by atoms with E-state index in [1.165, 1.54) is 6.07 Å². The second-order valence-electron chi connectivity index (χ2n) is 2.48. The molecule has 0 aromatic carbocycles. The van der Waals surface area contributed by atoms with Gasteiger partial charge in [0.2, 0.25) is 9.22 Å². The molecule has 0 spiro atoms. The van der Waals surface area contributed by atoms with Gasteiger partial charge in [0.05, 0.1) is 5.69 Å². The van der Waals surface area contributed by atoms with Gasteiger partial charge in [-0.1, -0.05) is 46.4 Å². The minimum absolute atomic E-state index is 0.109. The highest BCUT2D eigenvalue weighted by atomic mass is 35.6. The Morgan fingerprint density at radius 1 is 1.38 bits per heavy atom. The first-order valence-electron chi connectivity index (χ1n) is 3.29. The summed E-state index contributed by atoms with van der Waals surface area (Å²) in [6.07, 6.45) is 0. The van der Waals surface area contributed by atoms with Gasteiger partial charge in [-0.2, -0.15) is 0 Å². The van der Waals surface area contributed by atoms with Crippen LogP contribution >= 0.6 is 46.4 Å². The SMILES string of the molecule is Cc1[nH]c(C(Cl)(Cl)Cl)cc(=O)c1Cl. The molecule has 72 valence electrons. The monoisotopic (exact) mass is 259 g/mol. The number of hydrogen-bond donors (Lipinski definition) is 1. The highest BCUT2D eigenvalue weighted by Gasteiger charge is 2.24. The Labute approximate surface area is 94.8 Å². The second-order valence-corrected chi connectivity index (χ2v) is 5.14. The van der Waals surface area contributed by atoms with Gasteiger partial charge in [-0.3, -0.25) is 4.79 Å². The van der Waals surface area contributed by atoms with Crippen molar-refractivity contribution in [3.05, 3.63) is 32.7 Å². The van der Waals surface area contributed by atoms with Gasteiger partial charge in [-0.25, -0.2) is 0 Å². The topological polar surface area (TPSA) is 32.9 Å². The Balaban J connectivity index is 3.38. The van der Waals surface area contributed by atoms with E-state index in [0.717, 1.165) is 0 Å². The quantitative estimate of drug-likeness (QED) is 0.715. The van der Waals surface area contributed by atoms with Crippen molar-refractivity contribution < 1.29 is 0 Å². The Morgan fingerprint density at radius 3 is 2.31 bits per heavy atom. The zero-order chi connectivity index (χ0) is 10.2. The molecular formula is C7H5Cl4NO. The molecule has 1 aromatic heterocycles. The van der Waals surface area contributed by atoms with Crippen LogP contribution in [0.4, 0.5) is 0 Å². The molecule has 0 amide bonds. The lowest BCUT2D eigenvalue weighted by molar-refractivity contribution is 1.03. The summed E-state index contributed by atoms with van der Waals surface area (Å²) in [7, 11) is 0. The first-order chi connectivity index (χ1) is 5.82. The first kappa shape index (κ1) is 11.2. The average molecular weight is 261 g/mol. The lowest BCUT2D eigenvalue weighted by Crippen LogP contribution is -2.12. The molecule has 0 aliphatic heterocycles. The van der Waals surface area contributed by atoms with E-state index in [-0.39, 0.29) is 16.1 Å². The molecule has 0 saturated heterocycles. The third-order valence-electron chi connectivity index (χ3n) is 1.45. The van der Waals surface area contributed by atoms with E-state index in [2.05, 4.69) is 4.98 Å². The Morgan fingerprint density at radius 2 is 1.92 bits per heavy atom. The van der Waals surface area contributed by atoms with Crippen molar-refractivity contribution in [1.29, 1.82) is 0 Å². The molecule has 2 nitrogen and oxygen atoms in total. The lowest BCUT2D eigenvalue weighted by Gasteiger charge is -2.11. The van der Waals surface area contributed by atoms with Crippen molar-refractivity contribution in [2.45, 2.75) is 10.7 Å². The lowest BCUT2D eigenvalue weighted by atomic mass is 10.3. The van der Waals surface area contributed by atoms with Crippen LogP contribution in [-0.2, 0) is 3.79 Å². The number of rotatable bonds is 0. The predicted octanol–water partition coefficient (Wildman–Crippen LogP) is 3.16. The summed E-state index contributed by atoms with van der Waals surface area (Å²) in [5.74, 6) is 0. The van der Waals surface area contributed by atoms with Crippen LogP contribution in [0.3, 0.4) is 0 Å². The zero-order valence-electron chi connectivity index (χ0n) is 6.50. The molecule has 0 atom stereocenters. The van der Waals surface area contributed by atoms with Gasteiger partial charge < -0.3 is 4.98 Å². The summed E-state index contributed by atoms with van der Waals surface area (Å²) in [6, 6.07) is 1.17. The molecule has 0 fully saturated rings. The summed E-state index contributed by atoms with van der Waals surface area (Å²) >= 11 is 22.3. The summed E-state index contributed by atoms with van der Waals surface area (Å²) in [5, 5.41) is 0.109. The number of aromatic nitrogens is 1. The fraction of sp³-hybridized carbons (Fsp3) is 0.286. The number of pyridine rings is 1. The molecule has 0 radical (unpaired) electrons. The van der Waals surface area contributed by atoms with E-state index in [1.807, 2.05) is 0 Å². The molecule has 1 rings (SSSR count). The van der Waals surface area contributed by atoms with Crippen LogP contribution in [0.25, 0.3) is 0 Å². The van der Waals surface area contributed by atoms with Gasteiger partial charge in [0.25, 0.3) is 0 Å². The van der Waals surface area contributed by atoms with Crippen LogP contribution in [0.2, 0.25) is 5.02 Å². The minimum atomic E-state index is -1.63. The summed E-state index contributed by atoms with van der Waals surface area (Å²) in [6.45, 7) is 1.63. The minimum Gasteiger partial charge on any atom is -0.358 e. The fourth-order valence-corrected chi connectivity index (χ4v) is 1.23. The fourth-order valence-electron chi connectivity index (χ4n) is 0.825. The van der Waals surface area contributed by atoms with Crippen LogP contribution < -0.4 is 5.43 Å². The largest absolute Gasteiger partial charge is 0.358 e. The molecule has 0 aliphatic rings. The van der Waals surface area contributed by atoms with E-state index in [4.69, 9.17) is 46.4 Å². The third-order valence-corrected chi connectivity index (χ3v) is 2.53. The van der Waals surface area contributed by atoms with Gasteiger partial charge in [0.15, 0.2) is 0 Å². The number of aromatic amines is 1. The van der Waals surface area contributed by atoms with Gasteiger partial charge >= 0.3 is 0 Å². The highest BCUT2D eigenvalue weighted by molar-refractivity contribution is 6.66. The smallest absolute Gasteiger partial charge is 0.230 e. The van der Waals surface area contributed by atoms with Gasteiger partial charge in [-0.05, 0) is 6.92 Å². The van der Waals surface area contributed by atoms with Crippen LogP contribution in [0, 0.1) is 6.92 Å². The third kappa shape index (κ3) is 2.53. The zero-order valence-corrected chi connectivity index (χ0v) is 9.52. The van der Waals surface area contributed by atoms with Crippen LogP contribution in [0.5, 0.6) is 0 Å². The summed E-state index contributed by atoms with van der Waals surface area (Å²) < 4.78 is -1.63. The number of hydrogen-bond acceptors (Lipinski definition) is 1. The maximum Gasteiger partial charge on any atom is 0.230 e. The normalized spacial score (nSPS) is 11.8. The van der Waals surface area contributed by atoms with Crippen molar-refractivity contribution in [2.75, 3.05) is 0 Å². The standard InChI is InChI=1S/C7H5Cl4NO/c1-3-6(8)4(13)2-5(12-3)7(9,10)11/h2H,1H3,(H,12,13). The van der Waals surface area contributed by atoms with Crippen molar-refractivity contribution in [2.24, 2.45) is 0 Å². The molecule has 1 N–H and O–H groups in total. The number of alkyl halides is 3. The van der Waals surface area contributed by atoms with Crippen LogP contribution in [0.15, 0.2) is 10.9 Å². The molecule has 0 aliphatic carbocycles. The van der Waals surface area contributed by atoms with Crippen molar-refractivity contribution >= 4 is 46.4 Å². The molecule has 1 heterocycles. The van der Waals surface area contributed by atoms with E-state index in [1.54, 1.807) is 6.92 Å². The van der Waals surface area contributed by atoms with Crippen molar-refractivity contribution in [1.82, 2.24) is 4.98 Å². The molecule has 0 unspecified atom stereocenters. The van der Waals surface area contributed by atoms with Crippen LogP contribution in [0.1, 0.15) is 11.4 Å². The maximum atomic E-state index is 11.2. The molecular weight excluding hydrogens is 256 g/mol. The van der Waals surface area contributed by atoms with Crippen molar-refractivity contribution in [3.63, 3.8) is 0 Å². The van der Waals surface area contributed by atoms with E-state index in [9.17, 15) is 4.79 Å². The average Bonchev–Trinajstić information content (AvgIpc) is 1.97. The number of aryl methyl sites for hydroxylation is 1. The molecule has 13 heavy (non-hydrogen) atoms.